The number of nitrogens with zero attached hydrogens (tertiary/aromatic N) is 3. The minimum absolute atomic E-state index is 0.0920. The lowest BCUT2D eigenvalue weighted by Crippen LogP contribution is -2.31. The molecule has 0 aliphatic carbocycles. The number of pyridine rings is 1. The highest BCUT2D eigenvalue weighted by atomic mass is 35.5. The largest absolute Gasteiger partial charge is 0.369 e. The van der Waals surface area contributed by atoms with Crippen molar-refractivity contribution in [3.8, 4) is 0 Å². The van der Waals surface area contributed by atoms with Gasteiger partial charge in [0.15, 0.2) is 0 Å². The van der Waals surface area contributed by atoms with Crippen LogP contribution in [0.15, 0.2) is 12.4 Å². The van der Waals surface area contributed by atoms with Gasteiger partial charge in [-0.05, 0) is 19.3 Å². The minimum atomic E-state index is 0.0920. The summed E-state index contributed by atoms with van der Waals surface area (Å²) in [6.07, 6.45) is 5.91. The monoisotopic (exact) mass is 315 g/mol. The van der Waals surface area contributed by atoms with Crippen LogP contribution in [-0.4, -0.2) is 43.0 Å². The molecular weight excluding hydrogens is 297 g/mol. The molecule has 0 saturated carbocycles. The Labute approximate surface area is 129 Å². The van der Waals surface area contributed by atoms with E-state index in [9.17, 15) is 4.79 Å². The van der Waals surface area contributed by atoms with Gasteiger partial charge in [-0.1, -0.05) is 23.2 Å². The lowest BCUT2D eigenvalue weighted by atomic mass is 9.99. The summed E-state index contributed by atoms with van der Waals surface area (Å²) in [5.41, 5.74) is 0.835. The number of halogens is 2. The van der Waals surface area contributed by atoms with Crippen molar-refractivity contribution in [3.63, 3.8) is 0 Å². The molecule has 2 rings (SSSR count). The Kier molecular flexibility index (Phi) is 5.11. The molecule has 0 spiro atoms. The van der Waals surface area contributed by atoms with Crippen LogP contribution in [0.1, 0.15) is 19.3 Å². The van der Waals surface area contributed by atoms with Crippen LogP contribution in [-0.2, 0) is 4.79 Å². The Morgan fingerprint density at radius 3 is 2.50 bits per heavy atom. The molecule has 6 heteroatoms. The van der Waals surface area contributed by atoms with Gasteiger partial charge in [-0.3, -0.25) is 9.78 Å². The van der Waals surface area contributed by atoms with Crippen LogP contribution in [0.25, 0.3) is 0 Å². The lowest BCUT2D eigenvalue weighted by Gasteiger charge is -2.25. The number of hydrogen-bond donors (Lipinski definition) is 0. The van der Waals surface area contributed by atoms with Crippen molar-refractivity contribution in [2.75, 3.05) is 32.1 Å². The van der Waals surface area contributed by atoms with E-state index < -0.39 is 0 Å². The Bertz CT molecular complexity index is 473. The normalized spacial score (nSPS) is 19.6. The molecule has 1 aromatic heterocycles. The molecule has 1 atom stereocenters. The van der Waals surface area contributed by atoms with Crippen LogP contribution < -0.4 is 4.90 Å². The Hall–Kier alpha value is -1.00. The average Bonchev–Trinajstić information content (AvgIpc) is 2.63. The molecular formula is C14H19Cl2N3O. The fraction of sp³-hybridized carbons (Fsp3) is 0.571. The van der Waals surface area contributed by atoms with Crippen molar-refractivity contribution in [2.45, 2.75) is 19.3 Å². The summed E-state index contributed by atoms with van der Waals surface area (Å²) in [6.45, 7) is 1.65. The van der Waals surface area contributed by atoms with Crippen molar-refractivity contribution in [3.05, 3.63) is 22.4 Å². The van der Waals surface area contributed by atoms with Crippen LogP contribution in [0, 0.1) is 5.92 Å². The molecule has 1 amide bonds. The highest BCUT2D eigenvalue weighted by Gasteiger charge is 2.25. The van der Waals surface area contributed by atoms with E-state index in [0.29, 0.717) is 10.0 Å². The number of carbonyl (C=O) groups is 1. The van der Waals surface area contributed by atoms with E-state index in [1.807, 2.05) is 14.1 Å². The topological polar surface area (TPSA) is 36.4 Å². The zero-order chi connectivity index (χ0) is 14.7. The predicted octanol–water partition coefficient (Wildman–Crippen LogP) is 3.08. The number of carbonyl (C=O) groups excluding carboxylic acids is 1. The molecule has 1 aromatic rings. The van der Waals surface area contributed by atoms with Crippen molar-refractivity contribution >= 4 is 34.8 Å². The highest BCUT2D eigenvalue weighted by Crippen LogP contribution is 2.34. The van der Waals surface area contributed by atoms with Crippen molar-refractivity contribution in [2.24, 2.45) is 5.92 Å². The molecule has 4 nitrogen and oxygen atoms in total. The molecule has 1 aliphatic heterocycles. The Morgan fingerprint density at radius 2 is 1.90 bits per heavy atom. The molecule has 20 heavy (non-hydrogen) atoms. The predicted molar refractivity (Wildman–Crippen MR) is 82.5 cm³/mol. The van der Waals surface area contributed by atoms with E-state index in [2.05, 4.69) is 9.88 Å². The van der Waals surface area contributed by atoms with Crippen LogP contribution in [0.3, 0.4) is 0 Å². The number of rotatable bonds is 2. The fourth-order valence-electron chi connectivity index (χ4n) is 2.64. The van der Waals surface area contributed by atoms with E-state index in [-0.39, 0.29) is 11.8 Å². The first-order chi connectivity index (χ1) is 9.50. The molecule has 2 heterocycles. The summed E-state index contributed by atoms with van der Waals surface area (Å²) in [5, 5.41) is 1.13. The molecule has 0 radical (unpaired) electrons. The summed E-state index contributed by atoms with van der Waals surface area (Å²) in [6, 6.07) is 0. The summed E-state index contributed by atoms with van der Waals surface area (Å²) in [5.74, 6) is 0.299. The maximum atomic E-state index is 12.1. The van der Waals surface area contributed by atoms with Gasteiger partial charge in [0, 0.05) is 45.5 Å². The first-order valence-electron chi connectivity index (χ1n) is 6.76. The summed E-state index contributed by atoms with van der Waals surface area (Å²) >= 11 is 12.4. The second-order valence-electron chi connectivity index (χ2n) is 5.30. The maximum absolute atomic E-state index is 12.1. The summed E-state index contributed by atoms with van der Waals surface area (Å²) < 4.78 is 0. The molecule has 1 saturated heterocycles. The van der Waals surface area contributed by atoms with Gasteiger partial charge in [0.25, 0.3) is 0 Å². The Balaban J connectivity index is 2.12. The quantitative estimate of drug-likeness (QED) is 0.841. The van der Waals surface area contributed by atoms with Gasteiger partial charge in [-0.25, -0.2) is 0 Å². The molecule has 110 valence electrons. The van der Waals surface area contributed by atoms with Gasteiger partial charge in [0.1, 0.15) is 0 Å². The third kappa shape index (κ3) is 3.36. The molecule has 1 fully saturated rings. The molecule has 1 unspecified atom stereocenters. The van der Waals surface area contributed by atoms with Gasteiger partial charge in [0.05, 0.1) is 15.7 Å². The smallest absolute Gasteiger partial charge is 0.225 e. The second kappa shape index (κ2) is 6.64. The first kappa shape index (κ1) is 15.4. The highest BCUT2D eigenvalue weighted by molar-refractivity contribution is 6.38. The average molecular weight is 316 g/mol. The number of aromatic nitrogens is 1. The van der Waals surface area contributed by atoms with Crippen molar-refractivity contribution in [1.29, 1.82) is 0 Å². The molecule has 1 aliphatic rings. The maximum Gasteiger partial charge on any atom is 0.225 e. The fourth-order valence-corrected chi connectivity index (χ4v) is 3.24. The van der Waals surface area contributed by atoms with E-state index in [1.165, 1.54) is 0 Å². The SMILES string of the molecule is CN(C)C(=O)C1CCCN(c2c(Cl)cncc2Cl)CC1. The van der Waals surface area contributed by atoms with E-state index in [1.54, 1.807) is 17.3 Å². The molecule has 0 bridgehead atoms. The Morgan fingerprint density at radius 1 is 1.25 bits per heavy atom. The van der Waals surface area contributed by atoms with Gasteiger partial charge in [-0.2, -0.15) is 0 Å². The van der Waals surface area contributed by atoms with E-state index in [0.717, 1.165) is 38.0 Å². The van der Waals surface area contributed by atoms with Crippen molar-refractivity contribution < 1.29 is 4.79 Å². The van der Waals surface area contributed by atoms with Gasteiger partial charge in [-0.15, -0.1) is 0 Å². The lowest BCUT2D eigenvalue weighted by molar-refractivity contribution is -0.133. The van der Waals surface area contributed by atoms with Gasteiger partial charge in [0.2, 0.25) is 5.91 Å². The van der Waals surface area contributed by atoms with E-state index >= 15 is 0 Å². The minimum Gasteiger partial charge on any atom is -0.369 e. The number of amides is 1. The zero-order valence-electron chi connectivity index (χ0n) is 11.8. The first-order valence-corrected chi connectivity index (χ1v) is 7.51. The number of anilines is 1. The standard InChI is InChI=1S/C14H19Cl2N3O/c1-18(2)14(20)10-4-3-6-19(7-5-10)13-11(15)8-17-9-12(13)16/h8-10H,3-7H2,1-2H3. The van der Waals surface area contributed by atoms with Crippen LogP contribution in [0.5, 0.6) is 0 Å². The van der Waals surface area contributed by atoms with Crippen molar-refractivity contribution in [1.82, 2.24) is 9.88 Å². The third-order valence-corrected chi connectivity index (χ3v) is 4.22. The van der Waals surface area contributed by atoms with Crippen LogP contribution in [0.4, 0.5) is 5.69 Å². The van der Waals surface area contributed by atoms with Gasteiger partial charge >= 0.3 is 0 Å². The third-order valence-electron chi connectivity index (χ3n) is 3.66. The number of hydrogen-bond acceptors (Lipinski definition) is 3. The summed E-state index contributed by atoms with van der Waals surface area (Å²) in [7, 11) is 3.61. The molecule has 0 aromatic carbocycles. The van der Waals surface area contributed by atoms with Crippen LogP contribution in [0.2, 0.25) is 10.0 Å². The van der Waals surface area contributed by atoms with E-state index in [4.69, 9.17) is 23.2 Å². The molecule has 0 N–H and O–H groups in total. The van der Waals surface area contributed by atoms with Gasteiger partial charge < -0.3 is 9.80 Å². The summed E-state index contributed by atoms with van der Waals surface area (Å²) in [4.78, 5) is 19.9. The zero-order valence-corrected chi connectivity index (χ0v) is 13.3. The van der Waals surface area contributed by atoms with Crippen LogP contribution >= 0.6 is 23.2 Å². The second-order valence-corrected chi connectivity index (χ2v) is 6.11.